The standard InChI is InChI=1S/C25H27N5O/c1-26-20-7-5-8-21(17-20)29-25-23-18-22(11-10-19(23)12-13-27-25)28-24(31)9-6-16-30-14-3-2-4-15-30/h5,7-8,10-13,17-18H,2-4,6,9,14-16H2,(H,27,29)(H,28,31). The maximum absolute atomic E-state index is 12.4. The molecular weight excluding hydrogens is 386 g/mol. The quantitative estimate of drug-likeness (QED) is 0.485. The molecule has 0 radical (unpaired) electrons. The van der Waals surface area contributed by atoms with Gasteiger partial charge in [0.05, 0.1) is 6.57 Å². The first-order valence-corrected chi connectivity index (χ1v) is 10.9. The van der Waals surface area contributed by atoms with Crippen LogP contribution < -0.4 is 10.6 Å². The summed E-state index contributed by atoms with van der Waals surface area (Å²) in [6.07, 6.45) is 7.03. The molecule has 0 unspecified atom stereocenters. The maximum Gasteiger partial charge on any atom is 0.224 e. The number of nitrogens with one attached hydrogen (secondary N) is 2. The van der Waals surface area contributed by atoms with Crippen LogP contribution in [0.2, 0.25) is 0 Å². The van der Waals surface area contributed by atoms with Crippen molar-refractivity contribution < 1.29 is 4.79 Å². The Morgan fingerprint density at radius 3 is 2.77 bits per heavy atom. The summed E-state index contributed by atoms with van der Waals surface area (Å²) in [7, 11) is 0. The van der Waals surface area contributed by atoms with E-state index in [4.69, 9.17) is 6.57 Å². The first kappa shape index (κ1) is 20.8. The van der Waals surface area contributed by atoms with Crippen LogP contribution in [0.25, 0.3) is 15.6 Å². The van der Waals surface area contributed by atoms with Gasteiger partial charge in [-0.15, -0.1) is 0 Å². The molecule has 31 heavy (non-hydrogen) atoms. The molecule has 2 aromatic carbocycles. The highest BCUT2D eigenvalue weighted by Gasteiger charge is 2.11. The van der Waals surface area contributed by atoms with Crippen LogP contribution in [0, 0.1) is 6.57 Å². The van der Waals surface area contributed by atoms with Gasteiger partial charge >= 0.3 is 0 Å². The van der Waals surface area contributed by atoms with E-state index in [9.17, 15) is 4.79 Å². The minimum absolute atomic E-state index is 0.0412. The second-order valence-corrected chi connectivity index (χ2v) is 7.94. The lowest BCUT2D eigenvalue weighted by molar-refractivity contribution is -0.116. The summed E-state index contributed by atoms with van der Waals surface area (Å²) >= 11 is 0. The van der Waals surface area contributed by atoms with Gasteiger partial charge in [-0.25, -0.2) is 9.83 Å². The van der Waals surface area contributed by atoms with E-state index in [0.717, 1.165) is 48.2 Å². The summed E-state index contributed by atoms with van der Waals surface area (Å²) in [5.41, 5.74) is 2.14. The summed E-state index contributed by atoms with van der Waals surface area (Å²) in [6.45, 7) is 10.5. The molecule has 0 atom stereocenters. The molecule has 6 nitrogen and oxygen atoms in total. The summed E-state index contributed by atoms with van der Waals surface area (Å²) in [6, 6.07) is 15.1. The van der Waals surface area contributed by atoms with Crippen molar-refractivity contribution in [2.45, 2.75) is 32.1 Å². The molecule has 1 saturated heterocycles. The van der Waals surface area contributed by atoms with Gasteiger partial charge < -0.3 is 15.5 Å². The summed E-state index contributed by atoms with van der Waals surface area (Å²) < 4.78 is 0. The molecule has 2 N–H and O–H groups in total. The third-order valence-corrected chi connectivity index (χ3v) is 5.61. The Hall–Kier alpha value is -3.43. The fourth-order valence-electron chi connectivity index (χ4n) is 4.01. The predicted molar refractivity (Wildman–Crippen MR) is 126 cm³/mol. The number of nitrogens with zero attached hydrogens (tertiary/aromatic N) is 3. The number of benzene rings is 2. The first-order chi connectivity index (χ1) is 15.2. The van der Waals surface area contributed by atoms with Crippen LogP contribution in [0.3, 0.4) is 0 Å². The molecule has 0 bridgehead atoms. The van der Waals surface area contributed by atoms with Crippen molar-refractivity contribution in [3.8, 4) is 0 Å². The number of amides is 1. The highest BCUT2D eigenvalue weighted by molar-refractivity contribution is 5.98. The third kappa shape index (κ3) is 5.59. The van der Waals surface area contributed by atoms with E-state index in [-0.39, 0.29) is 5.91 Å². The van der Waals surface area contributed by atoms with Crippen molar-refractivity contribution in [3.05, 3.63) is 66.1 Å². The van der Waals surface area contributed by atoms with Crippen LogP contribution in [-0.2, 0) is 4.79 Å². The molecule has 0 aliphatic carbocycles. The lowest BCUT2D eigenvalue weighted by Crippen LogP contribution is -2.31. The van der Waals surface area contributed by atoms with Crippen molar-refractivity contribution >= 4 is 39.6 Å². The van der Waals surface area contributed by atoms with Gasteiger partial charge in [0.1, 0.15) is 5.82 Å². The Balaban J connectivity index is 1.42. The minimum Gasteiger partial charge on any atom is -0.341 e. The second-order valence-electron chi connectivity index (χ2n) is 7.94. The highest BCUT2D eigenvalue weighted by Crippen LogP contribution is 2.28. The molecule has 1 amide bonds. The summed E-state index contributed by atoms with van der Waals surface area (Å²) in [5, 5.41) is 8.28. The zero-order chi connectivity index (χ0) is 21.5. The number of likely N-dealkylation sites (tertiary alicyclic amines) is 1. The largest absolute Gasteiger partial charge is 0.341 e. The van der Waals surface area contributed by atoms with Crippen LogP contribution in [0.15, 0.2) is 54.7 Å². The fourth-order valence-corrected chi connectivity index (χ4v) is 4.01. The molecule has 4 rings (SSSR count). The number of fused-ring (bicyclic) bond motifs is 1. The van der Waals surface area contributed by atoms with Gasteiger partial charge in [-0.05, 0) is 74.6 Å². The molecule has 1 aliphatic rings. The fraction of sp³-hybridized carbons (Fsp3) is 0.320. The summed E-state index contributed by atoms with van der Waals surface area (Å²) in [4.78, 5) is 22.9. The van der Waals surface area contributed by atoms with Gasteiger partial charge in [0.2, 0.25) is 5.91 Å². The topological polar surface area (TPSA) is 61.6 Å². The van der Waals surface area contributed by atoms with Crippen LogP contribution in [0.4, 0.5) is 22.9 Å². The molecule has 0 spiro atoms. The molecule has 0 saturated carbocycles. The Labute approximate surface area is 183 Å². The van der Waals surface area contributed by atoms with E-state index in [1.165, 1.54) is 19.3 Å². The zero-order valence-corrected chi connectivity index (χ0v) is 17.6. The smallest absolute Gasteiger partial charge is 0.224 e. The van der Waals surface area contributed by atoms with E-state index in [1.54, 1.807) is 18.3 Å². The van der Waals surface area contributed by atoms with Gasteiger partial charge in [0.15, 0.2) is 5.69 Å². The molecule has 3 aromatic rings. The average molecular weight is 414 g/mol. The minimum atomic E-state index is 0.0412. The van der Waals surface area contributed by atoms with Gasteiger partial charge in [0.25, 0.3) is 0 Å². The molecule has 158 valence electrons. The lowest BCUT2D eigenvalue weighted by atomic mass is 10.1. The van der Waals surface area contributed by atoms with E-state index in [1.807, 2.05) is 36.4 Å². The van der Waals surface area contributed by atoms with Crippen LogP contribution in [0.5, 0.6) is 0 Å². The van der Waals surface area contributed by atoms with Crippen molar-refractivity contribution in [1.82, 2.24) is 9.88 Å². The van der Waals surface area contributed by atoms with Gasteiger partial charge in [-0.2, -0.15) is 0 Å². The Bertz CT molecular complexity index is 1100. The van der Waals surface area contributed by atoms with Crippen molar-refractivity contribution in [3.63, 3.8) is 0 Å². The monoisotopic (exact) mass is 413 g/mol. The molecular formula is C25H27N5O. The Morgan fingerprint density at radius 1 is 1.06 bits per heavy atom. The van der Waals surface area contributed by atoms with E-state index < -0.39 is 0 Å². The molecule has 1 fully saturated rings. The average Bonchev–Trinajstić information content (AvgIpc) is 2.80. The van der Waals surface area contributed by atoms with Crippen LogP contribution >= 0.6 is 0 Å². The molecule has 1 aromatic heterocycles. The van der Waals surface area contributed by atoms with E-state index >= 15 is 0 Å². The van der Waals surface area contributed by atoms with E-state index in [2.05, 4.69) is 25.4 Å². The number of piperidine rings is 1. The number of carbonyl (C=O) groups excluding carboxylic acids is 1. The lowest BCUT2D eigenvalue weighted by Gasteiger charge is -2.26. The highest BCUT2D eigenvalue weighted by atomic mass is 16.1. The number of hydrogen-bond acceptors (Lipinski definition) is 4. The van der Waals surface area contributed by atoms with Crippen molar-refractivity contribution in [2.75, 3.05) is 30.3 Å². The number of hydrogen-bond donors (Lipinski definition) is 2. The number of rotatable bonds is 7. The van der Waals surface area contributed by atoms with Gasteiger partial charge in [-0.3, -0.25) is 4.79 Å². The predicted octanol–water partition coefficient (Wildman–Crippen LogP) is 5.73. The molecule has 2 heterocycles. The normalized spacial score (nSPS) is 14.2. The number of aromatic nitrogens is 1. The van der Waals surface area contributed by atoms with Crippen LogP contribution in [0.1, 0.15) is 32.1 Å². The Morgan fingerprint density at radius 2 is 1.94 bits per heavy atom. The number of pyridine rings is 1. The summed E-state index contributed by atoms with van der Waals surface area (Å²) in [5.74, 6) is 0.736. The number of anilines is 3. The molecule has 1 aliphatic heterocycles. The first-order valence-electron chi connectivity index (χ1n) is 10.9. The third-order valence-electron chi connectivity index (χ3n) is 5.61. The Kier molecular flexibility index (Phi) is 6.75. The van der Waals surface area contributed by atoms with Crippen LogP contribution in [-0.4, -0.2) is 35.4 Å². The molecule has 6 heteroatoms. The van der Waals surface area contributed by atoms with E-state index in [0.29, 0.717) is 17.9 Å². The number of carbonyl (C=O) groups is 1. The van der Waals surface area contributed by atoms with Gasteiger partial charge in [-0.1, -0.05) is 24.6 Å². The SMILES string of the molecule is [C-]#[N+]c1cccc(Nc2nccc3ccc(NC(=O)CCCN4CCCCC4)cc23)c1. The second kappa shape index (κ2) is 10.1. The van der Waals surface area contributed by atoms with Crippen molar-refractivity contribution in [1.29, 1.82) is 0 Å². The van der Waals surface area contributed by atoms with Crippen molar-refractivity contribution in [2.24, 2.45) is 0 Å². The zero-order valence-electron chi connectivity index (χ0n) is 17.6. The van der Waals surface area contributed by atoms with Gasteiger partial charge in [0, 0.05) is 29.4 Å². The maximum atomic E-state index is 12.4.